The average molecular weight is 306 g/mol. The number of anilines is 1. The summed E-state index contributed by atoms with van der Waals surface area (Å²) in [6.07, 6.45) is 0.555. The van der Waals surface area contributed by atoms with Gasteiger partial charge in [-0.25, -0.2) is 8.78 Å². The maximum atomic E-state index is 13.5. The number of phenols is 1. The molecule has 0 saturated heterocycles. The van der Waals surface area contributed by atoms with Crippen molar-refractivity contribution >= 4 is 11.6 Å². The molecule has 4 nitrogen and oxygen atoms in total. The Morgan fingerprint density at radius 2 is 1.82 bits per heavy atom. The van der Waals surface area contributed by atoms with Crippen LogP contribution in [-0.4, -0.2) is 24.1 Å². The second kappa shape index (κ2) is 7.40. The predicted molar refractivity (Wildman–Crippen MR) is 79.9 cm³/mol. The quantitative estimate of drug-likeness (QED) is 0.719. The van der Waals surface area contributed by atoms with Gasteiger partial charge >= 0.3 is 0 Å². The molecule has 2 aromatic rings. The Labute approximate surface area is 126 Å². The van der Waals surface area contributed by atoms with Gasteiger partial charge in [-0.3, -0.25) is 4.79 Å². The van der Waals surface area contributed by atoms with Crippen LogP contribution >= 0.6 is 0 Å². The number of hydrogen-bond donors (Lipinski definition) is 3. The van der Waals surface area contributed by atoms with Gasteiger partial charge < -0.3 is 15.7 Å². The third-order valence-corrected chi connectivity index (χ3v) is 3.03. The molecule has 3 N–H and O–H groups in total. The van der Waals surface area contributed by atoms with E-state index >= 15 is 0 Å². The van der Waals surface area contributed by atoms with E-state index in [9.17, 15) is 13.6 Å². The second-order valence-corrected chi connectivity index (χ2v) is 4.68. The first kappa shape index (κ1) is 15.8. The summed E-state index contributed by atoms with van der Waals surface area (Å²) < 4.78 is 26.8. The molecule has 0 aliphatic rings. The Morgan fingerprint density at radius 3 is 2.55 bits per heavy atom. The van der Waals surface area contributed by atoms with Crippen LogP contribution in [0.15, 0.2) is 42.5 Å². The fourth-order valence-electron chi connectivity index (χ4n) is 1.90. The molecule has 0 aromatic heterocycles. The van der Waals surface area contributed by atoms with Gasteiger partial charge in [-0.2, -0.15) is 0 Å². The van der Waals surface area contributed by atoms with E-state index in [-0.39, 0.29) is 17.1 Å². The highest BCUT2D eigenvalue weighted by Gasteiger charge is 2.11. The molecule has 6 heteroatoms. The van der Waals surface area contributed by atoms with Crippen molar-refractivity contribution < 1.29 is 18.7 Å². The van der Waals surface area contributed by atoms with Crippen molar-refractivity contribution in [3.05, 3.63) is 59.7 Å². The second-order valence-electron chi connectivity index (χ2n) is 4.68. The van der Waals surface area contributed by atoms with E-state index in [1.165, 1.54) is 18.2 Å². The number of hydrogen-bond acceptors (Lipinski definition) is 3. The topological polar surface area (TPSA) is 61.4 Å². The van der Waals surface area contributed by atoms with Gasteiger partial charge in [-0.1, -0.05) is 12.1 Å². The Kier molecular flexibility index (Phi) is 5.30. The number of nitrogens with one attached hydrogen (secondary N) is 2. The molecule has 0 aliphatic heterocycles. The van der Waals surface area contributed by atoms with Gasteiger partial charge in [0, 0.05) is 19.2 Å². The standard InChI is InChI=1S/C16H16F2N2O2/c17-13-4-1-2-5-15(13)19-8-3-9-20-16(22)12-7-6-11(21)10-14(12)18/h1-2,4-7,10,19,21H,3,8-9H2,(H,20,22). The predicted octanol–water partition coefficient (Wildman–Crippen LogP) is 2.90. The zero-order valence-electron chi connectivity index (χ0n) is 11.8. The van der Waals surface area contributed by atoms with Crippen molar-refractivity contribution in [1.29, 1.82) is 0 Å². The molecule has 0 unspecified atom stereocenters. The summed E-state index contributed by atoms with van der Waals surface area (Å²) >= 11 is 0. The van der Waals surface area contributed by atoms with Crippen LogP contribution in [0, 0.1) is 11.6 Å². The minimum absolute atomic E-state index is 0.125. The fraction of sp³-hybridized carbons (Fsp3) is 0.188. The third-order valence-electron chi connectivity index (χ3n) is 3.03. The van der Waals surface area contributed by atoms with E-state index in [0.717, 1.165) is 6.07 Å². The van der Waals surface area contributed by atoms with Crippen molar-refractivity contribution in [3.63, 3.8) is 0 Å². The van der Waals surface area contributed by atoms with Gasteiger partial charge in [0.25, 0.3) is 5.91 Å². The van der Waals surface area contributed by atoms with E-state index in [0.29, 0.717) is 25.2 Å². The summed E-state index contributed by atoms with van der Waals surface area (Å²) in [5, 5.41) is 14.6. The lowest BCUT2D eigenvalue weighted by Crippen LogP contribution is -2.26. The van der Waals surface area contributed by atoms with Crippen molar-refractivity contribution in [3.8, 4) is 5.75 Å². The molecule has 1 amide bonds. The lowest BCUT2D eigenvalue weighted by molar-refractivity contribution is 0.0949. The van der Waals surface area contributed by atoms with Gasteiger partial charge in [-0.15, -0.1) is 0 Å². The van der Waals surface area contributed by atoms with Crippen molar-refractivity contribution in [2.45, 2.75) is 6.42 Å². The Bertz CT molecular complexity index is 662. The summed E-state index contributed by atoms with van der Waals surface area (Å²) in [5.74, 6) is -1.90. The minimum atomic E-state index is -0.776. The minimum Gasteiger partial charge on any atom is -0.508 e. The molecule has 0 atom stereocenters. The fourth-order valence-corrected chi connectivity index (χ4v) is 1.90. The first-order valence-electron chi connectivity index (χ1n) is 6.83. The molecule has 116 valence electrons. The van der Waals surface area contributed by atoms with Crippen molar-refractivity contribution in [1.82, 2.24) is 5.32 Å². The summed E-state index contributed by atoms with van der Waals surface area (Å²) in [7, 11) is 0. The lowest BCUT2D eigenvalue weighted by atomic mass is 10.2. The molecule has 0 fully saturated rings. The normalized spacial score (nSPS) is 10.3. The first-order valence-corrected chi connectivity index (χ1v) is 6.83. The van der Waals surface area contributed by atoms with Crippen molar-refractivity contribution in [2.24, 2.45) is 0 Å². The van der Waals surface area contributed by atoms with Crippen molar-refractivity contribution in [2.75, 3.05) is 18.4 Å². The number of benzene rings is 2. The van der Waals surface area contributed by atoms with Crippen LogP contribution in [0.1, 0.15) is 16.8 Å². The molecule has 0 saturated carbocycles. The van der Waals surface area contributed by atoms with Crippen LogP contribution in [0.4, 0.5) is 14.5 Å². The number of aromatic hydroxyl groups is 1. The molecule has 2 aromatic carbocycles. The van der Waals surface area contributed by atoms with Crippen LogP contribution in [0.3, 0.4) is 0 Å². The molecule has 0 bridgehead atoms. The number of rotatable bonds is 6. The van der Waals surface area contributed by atoms with E-state index in [1.54, 1.807) is 18.2 Å². The average Bonchev–Trinajstić information content (AvgIpc) is 2.48. The summed E-state index contributed by atoms with van der Waals surface area (Å²) in [6.45, 7) is 0.792. The van der Waals surface area contributed by atoms with Crippen LogP contribution in [0.2, 0.25) is 0 Å². The molecular weight excluding hydrogens is 290 g/mol. The Balaban J connectivity index is 1.75. The van der Waals surface area contributed by atoms with Crippen LogP contribution in [0.5, 0.6) is 5.75 Å². The first-order chi connectivity index (χ1) is 10.6. The third kappa shape index (κ3) is 4.18. The largest absolute Gasteiger partial charge is 0.508 e. The number of carbonyl (C=O) groups excluding carboxylic acids is 1. The molecule has 0 heterocycles. The van der Waals surface area contributed by atoms with Gasteiger partial charge in [0.2, 0.25) is 0 Å². The molecule has 22 heavy (non-hydrogen) atoms. The Hall–Kier alpha value is -2.63. The molecule has 0 radical (unpaired) electrons. The molecule has 0 spiro atoms. The van der Waals surface area contributed by atoms with Gasteiger partial charge in [0.1, 0.15) is 17.4 Å². The summed E-state index contributed by atoms with van der Waals surface area (Å²) in [4.78, 5) is 11.8. The van der Waals surface area contributed by atoms with Crippen LogP contribution < -0.4 is 10.6 Å². The van der Waals surface area contributed by atoms with Crippen LogP contribution in [-0.2, 0) is 0 Å². The van der Waals surface area contributed by atoms with E-state index in [1.807, 2.05) is 0 Å². The molecule has 0 aliphatic carbocycles. The maximum absolute atomic E-state index is 13.5. The molecular formula is C16H16F2N2O2. The monoisotopic (exact) mass is 306 g/mol. The number of amides is 1. The van der Waals surface area contributed by atoms with Gasteiger partial charge in [0.05, 0.1) is 11.3 Å². The van der Waals surface area contributed by atoms with E-state index < -0.39 is 11.7 Å². The Morgan fingerprint density at radius 1 is 1.05 bits per heavy atom. The smallest absolute Gasteiger partial charge is 0.254 e. The highest BCUT2D eigenvalue weighted by atomic mass is 19.1. The number of para-hydroxylation sites is 1. The highest BCUT2D eigenvalue weighted by Crippen LogP contribution is 2.15. The zero-order chi connectivity index (χ0) is 15.9. The zero-order valence-corrected chi connectivity index (χ0v) is 11.8. The molecule has 2 rings (SSSR count). The summed E-state index contributed by atoms with van der Waals surface area (Å²) in [6, 6.07) is 9.66. The number of carbonyl (C=O) groups is 1. The maximum Gasteiger partial charge on any atom is 0.254 e. The lowest BCUT2D eigenvalue weighted by Gasteiger charge is -2.09. The van der Waals surface area contributed by atoms with Gasteiger partial charge in [-0.05, 0) is 30.7 Å². The highest BCUT2D eigenvalue weighted by molar-refractivity contribution is 5.94. The SMILES string of the molecule is O=C(NCCCNc1ccccc1F)c1ccc(O)cc1F. The van der Waals surface area contributed by atoms with E-state index in [4.69, 9.17) is 5.11 Å². The number of halogens is 2. The van der Waals surface area contributed by atoms with E-state index in [2.05, 4.69) is 10.6 Å². The van der Waals surface area contributed by atoms with Gasteiger partial charge in [0.15, 0.2) is 0 Å². The summed E-state index contributed by atoms with van der Waals surface area (Å²) in [5.41, 5.74) is 0.276. The number of phenolic OH excluding ortho intramolecular Hbond substituents is 1. The van der Waals surface area contributed by atoms with Crippen LogP contribution in [0.25, 0.3) is 0 Å².